The van der Waals surface area contributed by atoms with Gasteiger partial charge in [-0.3, -0.25) is 0 Å². The van der Waals surface area contributed by atoms with E-state index in [0.717, 1.165) is 11.1 Å². The monoisotopic (exact) mass is 237 g/mol. The molecule has 0 fully saturated rings. The molecule has 4 heteroatoms. The van der Waals surface area contributed by atoms with Gasteiger partial charge < -0.3 is 20.3 Å². The van der Waals surface area contributed by atoms with Crippen LogP contribution in [0, 0.1) is 0 Å². The summed E-state index contributed by atoms with van der Waals surface area (Å²) < 4.78 is 10.2. The molecule has 1 atom stereocenters. The van der Waals surface area contributed by atoms with E-state index in [9.17, 15) is 5.11 Å². The highest BCUT2D eigenvalue weighted by Crippen LogP contribution is 2.39. The minimum atomic E-state index is -0.184. The zero-order valence-electron chi connectivity index (χ0n) is 10.5. The molecular formula is C13H19NO3. The van der Waals surface area contributed by atoms with Crippen LogP contribution < -0.4 is 15.2 Å². The van der Waals surface area contributed by atoms with Gasteiger partial charge in [0.1, 0.15) is 0 Å². The second kappa shape index (κ2) is 5.59. The molecule has 0 aromatic heterocycles. The minimum absolute atomic E-state index is 0.0127. The van der Waals surface area contributed by atoms with E-state index in [4.69, 9.17) is 15.2 Å². The fourth-order valence-corrected chi connectivity index (χ4v) is 1.62. The van der Waals surface area contributed by atoms with Gasteiger partial charge in [-0.25, -0.2) is 0 Å². The van der Waals surface area contributed by atoms with Crippen molar-refractivity contribution in [1.82, 2.24) is 0 Å². The molecule has 94 valence electrons. The van der Waals surface area contributed by atoms with Gasteiger partial charge in [-0.15, -0.1) is 6.58 Å². The number of aromatic hydroxyl groups is 1. The highest BCUT2D eigenvalue weighted by atomic mass is 16.5. The van der Waals surface area contributed by atoms with Crippen molar-refractivity contribution in [2.75, 3.05) is 14.2 Å². The Bertz CT molecular complexity index is 390. The minimum Gasteiger partial charge on any atom is -0.502 e. The second-order valence-corrected chi connectivity index (χ2v) is 4.04. The first-order chi connectivity index (χ1) is 7.99. The van der Waals surface area contributed by atoms with Crippen molar-refractivity contribution in [2.24, 2.45) is 5.73 Å². The van der Waals surface area contributed by atoms with E-state index in [1.54, 1.807) is 12.1 Å². The summed E-state index contributed by atoms with van der Waals surface area (Å²) in [5.41, 5.74) is 7.89. The van der Waals surface area contributed by atoms with E-state index in [1.165, 1.54) is 14.2 Å². The number of methoxy groups -OCH3 is 2. The summed E-state index contributed by atoms with van der Waals surface area (Å²) in [5.74, 6) is 0.703. The van der Waals surface area contributed by atoms with Gasteiger partial charge >= 0.3 is 0 Å². The zero-order valence-corrected chi connectivity index (χ0v) is 10.5. The largest absolute Gasteiger partial charge is 0.502 e. The Balaban J connectivity index is 3.12. The predicted octanol–water partition coefficient (Wildman–Crippen LogP) is 2.38. The highest BCUT2D eigenvalue weighted by molar-refractivity contribution is 5.53. The van der Waals surface area contributed by atoms with Crippen molar-refractivity contribution in [2.45, 2.75) is 19.4 Å². The van der Waals surface area contributed by atoms with Crippen molar-refractivity contribution in [3.8, 4) is 17.2 Å². The van der Waals surface area contributed by atoms with Crippen LogP contribution in [0.15, 0.2) is 24.3 Å². The van der Waals surface area contributed by atoms with Gasteiger partial charge in [0.05, 0.1) is 14.2 Å². The standard InChI is InChI=1S/C13H19NO3/c1-8(2)5-10(14)9-6-11(16-3)13(15)12(7-9)17-4/h6-7,10,15H,1,5,14H2,2-4H3/t10-/m1/s1. The SMILES string of the molecule is C=C(C)C[C@@H](N)c1cc(OC)c(O)c(OC)c1. The molecule has 4 nitrogen and oxygen atoms in total. The molecule has 0 unspecified atom stereocenters. The third kappa shape index (κ3) is 3.14. The van der Waals surface area contributed by atoms with E-state index >= 15 is 0 Å². The fourth-order valence-electron chi connectivity index (χ4n) is 1.62. The molecule has 1 rings (SSSR count). The maximum atomic E-state index is 9.77. The van der Waals surface area contributed by atoms with Crippen LogP contribution in [0.3, 0.4) is 0 Å². The van der Waals surface area contributed by atoms with Gasteiger partial charge in [-0.05, 0) is 31.0 Å². The summed E-state index contributed by atoms with van der Waals surface area (Å²) in [5, 5.41) is 9.77. The molecule has 1 aromatic carbocycles. The predicted molar refractivity (Wildman–Crippen MR) is 67.6 cm³/mol. The van der Waals surface area contributed by atoms with Crippen molar-refractivity contribution in [1.29, 1.82) is 0 Å². The van der Waals surface area contributed by atoms with E-state index in [-0.39, 0.29) is 11.8 Å². The molecule has 1 aromatic rings. The van der Waals surface area contributed by atoms with Gasteiger partial charge in [0.25, 0.3) is 0 Å². The fraction of sp³-hybridized carbons (Fsp3) is 0.385. The maximum Gasteiger partial charge on any atom is 0.200 e. The summed E-state index contributed by atoms with van der Waals surface area (Å²) in [4.78, 5) is 0. The Morgan fingerprint density at radius 2 is 1.82 bits per heavy atom. The van der Waals surface area contributed by atoms with Gasteiger partial charge in [-0.2, -0.15) is 0 Å². The summed E-state index contributed by atoms with van der Waals surface area (Å²) >= 11 is 0. The summed E-state index contributed by atoms with van der Waals surface area (Å²) in [6.07, 6.45) is 0.678. The quantitative estimate of drug-likeness (QED) is 0.772. The number of hydrogen-bond donors (Lipinski definition) is 2. The molecule has 17 heavy (non-hydrogen) atoms. The molecule has 0 heterocycles. The van der Waals surface area contributed by atoms with E-state index < -0.39 is 0 Å². The van der Waals surface area contributed by atoms with Crippen LogP contribution in [0.5, 0.6) is 17.2 Å². The molecule has 0 bridgehead atoms. The molecule has 3 N–H and O–H groups in total. The van der Waals surface area contributed by atoms with Crippen molar-refractivity contribution >= 4 is 0 Å². The van der Waals surface area contributed by atoms with E-state index in [1.807, 2.05) is 6.92 Å². The van der Waals surface area contributed by atoms with Crippen molar-refractivity contribution in [3.63, 3.8) is 0 Å². The Hall–Kier alpha value is -1.68. The van der Waals surface area contributed by atoms with Crippen LogP contribution in [-0.4, -0.2) is 19.3 Å². The Morgan fingerprint density at radius 3 is 2.18 bits per heavy atom. The lowest BCUT2D eigenvalue weighted by Crippen LogP contribution is -2.10. The lowest BCUT2D eigenvalue weighted by atomic mass is 10.0. The van der Waals surface area contributed by atoms with Crippen LogP contribution in [0.2, 0.25) is 0 Å². The first kappa shape index (κ1) is 13.4. The summed E-state index contributed by atoms with van der Waals surface area (Å²) in [6, 6.07) is 3.24. The smallest absolute Gasteiger partial charge is 0.200 e. The third-order valence-corrected chi connectivity index (χ3v) is 2.50. The number of phenolic OH excluding ortho intramolecular Hbond substituents is 1. The molecule has 0 amide bonds. The lowest BCUT2D eigenvalue weighted by molar-refractivity contribution is 0.338. The molecular weight excluding hydrogens is 218 g/mol. The molecule has 0 aliphatic rings. The van der Waals surface area contributed by atoms with Crippen molar-refractivity contribution < 1.29 is 14.6 Å². The molecule has 0 spiro atoms. The number of ether oxygens (including phenoxy) is 2. The molecule has 0 radical (unpaired) electrons. The van der Waals surface area contributed by atoms with Crippen LogP contribution in [0.25, 0.3) is 0 Å². The maximum absolute atomic E-state index is 9.77. The molecule has 0 saturated heterocycles. The van der Waals surface area contributed by atoms with Gasteiger partial charge in [0.2, 0.25) is 5.75 Å². The van der Waals surface area contributed by atoms with Crippen LogP contribution in [0.4, 0.5) is 0 Å². The molecule has 0 aliphatic heterocycles. The number of rotatable bonds is 5. The number of hydrogen-bond acceptors (Lipinski definition) is 4. The topological polar surface area (TPSA) is 64.7 Å². The lowest BCUT2D eigenvalue weighted by Gasteiger charge is -2.16. The van der Waals surface area contributed by atoms with E-state index in [2.05, 4.69) is 6.58 Å². The Kier molecular flexibility index (Phi) is 4.40. The van der Waals surface area contributed by atoms with Gasteiger partial charge in [0, 0.05) is 6.04 Å². The Morgan fingerprint density at radius 1 is 1.35 bits per heavy atom. The first-order valence-corrected chi connectivity index (χ1v) is 5.34. The average molecular weight is 237 g/mol. The third-order valence-electron chi connectivity index (χ3n) is 2.50. The summed E-state index contributed by atoms with van der Waals surface area (Å²) in [6.45, 7) is 5.76. The number of benzene rings is 1. The van der Waals surface area contributed by atoms with Gasteiger partial charge in [-0.1, -0.05) is 5.57 Å². The zero-order chi connectivity index (χ0) is 13.0. The molecule has 0 saturated carbocycles. The van der Waals surface area contributed by atoms with E-state index in [0.29, 0.717) is 17.9 Å². The number of nitrogens with two attached hydrogens (primary N) is 1. The van der Waals surface area contributed by atoms with Crippen LogP contribution >= 0.6 is 0 Å². The highest BCUT2D eigenvalue weighted by Gasteiger charge is 2.15. The number of phenols is 1. The average Bonchev–Trinajstić information content (AvgIpc) is 2.28. The molecule has 0 aliphatic carbocycles. The Labute approximate surface area is 102 Å². The summed E-state index contributed by atoms with van der Waals surface area (Å²) in [7, 11) is 2.98. The first-order valence-electron chi connectivity index (χ1n) is 5.34. The second-order valence-electron chi connectivity index (χ2n) is 4.04. The van der Waals surface area contributed by atoms with Gasteiger partial charge in [0.15, 0.2) is 11.5 Å². The van der Waals surface area contributed by atoms with Crippen LogP contribution in [0.1, 0.15) is 24.9 Å². The van der Waals surface area contributed by atoms with Crippen LogP contribution in [-0.2, 0) is 0 Å². The van der Waals surface area contributed by atoms with Crippen molar-refractivity contribution in [3.05, 3.63) is 29.8 Å². The normalized spacial score (nSPS) is 12.0.